The standard InChI is InChI=1S/C8H5FN2O2/c9-11-6-4-2-1-3-5(6)10-7(12)8(11)13/h1-4H,(H,10,12). The molecule has 0 fully saturated rings. The topological polar surface area (TPSA) is 54.9 Å². The quantitative estimate of drug-likeness (QED) is 0.597. The summed E-state index contributed by atoms with van der Waals surface area (Å²) >= 11 is 0. The van der Waals surface area contributed by atoms with Gasteiger partial charge >= 0.3 is 11.1 Å². The summed E-state index contributed by atoms with van der Waals surface area (Å²) in [6, 6.07) is 6.15. The molecule has 4 nitrogen and oxygen atoms in total. The Hall–Kier alpha value is -1.91. The third kappa shape index (κ3) is 1.05. The lowest BCUT2D eigenvalue weighted by molar-refractivity contribution is 0.367. The summed E-state index contributed by atoms with van der Waals surface area (Å²) in [4.78, 5) is 23.8. The van der Waals surface area contributed by atoms with Gasteiger partial charge in [-0.15, -0.1) is 4.79 Å². The molecule has 66 valence electrons. The molecule has 2 aromatic rings. The highest BCUT2D eigenvalue weighted by atomic mass is 19.2. The number of H-pyrrole nitrogens is 1. The maximum absolute atomic E-state index is 13.0. The van der Waals surface area contributed by atoms with E-state index in [4.69, 9.17) is 0 Å². The molecule has 2 rings (SSSR count). The molecular weight excluding hydrogens is 175 g/mol. The van der Waals surface area contributed by atoms with Gasteiger partial charge in [-0.25, -0.2) is 0 Å². The van der Waals surface area contributed by atoms with Crippen molar-refractivity contribution in [3.63, 3.8) is 0 Å². The van der Waals surface area contributed by atoms with Gasteiger partial charge in [-0.1, -0.05) is 16.6 Å². The van der Waals surface area contributed by atoms with Crippen LogP contribution in [0.25, 0.3) is 11.0 Å². The van der Waals surface area contributed by atoms with Gasteiger partial charge in [0, 0.05) is 0 Å². The summed E-state index contributed by atoms with van der Waals surface area (Å²) in [6.07, 6.45) is 0. The van der Waals surface area contributed by atoms with Gasteiger partial charge in [-0.2, -0.15) is 0 Å². The Morgan fingerprint density at radius 2 is 1.92 bits per heavy atom. The lowest BCUT2D eigenvalue weighted by atomic mass is 10.3. The number of rotatable bonds is 0. The lowest BCUT2D eigenvalue weighted by Gasteiger charge is -1.97. The summed E-state index contributed by atoms with van der Waals surface area (Å²) < 4.78 is 13.0. The van der Waals surface area contributed by atoms with Crippen molar-refractivity contribution in [3.8, 4) is 0 Å². The minimum absolute atomic E-state index is 0.0621. The molecule has 5 heteroatoms. The summed E-state index contributed by atoms with van der Waals surface area (Å²) in [5.74, 6) is 0. The third-order valence-electron chi connectivity index (χ3n) is 1.74. The van der Waals surface area contributed by atoms with Gasteiger partial charge in [0.1, 0.15) is 5.52 Å². The molecule has 0 aliphatic rings. The fourth-order valence-electron chi connectivity index (χ4n) is 1.12. The Morgan fingerprint density at radius 1 is 1.23 bits per heavy atom. The van der Waals surface area contributed by atoms with Crippen LogP contribution in [-0.2, 0) is 0 Å². The molecule has 0 saturated heterocycles. The Balaban J connectivity index is 3.11. The van der Waals surface area contributed by atoms with Crippen LogP contribution in [0.15, 0.2) is 33.9 Å². The van der Waals surface area contributed by atoms with E-state index >= 15 is 0 Å². The highest BCUT2D eigenvalue weighted by molar-refractivity contribution is 5.73. The molecule has 0 bridgehead atoms. The summed E-state index contributed by atoms with van der Waals surface area (Å²) in [5, 5.41) is 0. The van der Waals surface area contributed by atoms with Gasteiger partial charge in [0.05, 0.1) is 5.52 Å². The first-order chi connectivity index (χ1) is 6.20. The van der Waals surface area contributed by atoms with Gasteiger partial charge in [0.2, 0.25) is 0 Å². The van der Waals surface area contributed by atoms with Crippen LogP contribution in [-0.4, -0.2) is 9.77 Å². The number of aromatic nitrogens is 2. The van der Waals surface area contributed by atoms with E-state index in [0.29, 0.717) is 5.52 Å². The SMILES string of the molecule is O=c1[nH]c2ccccc2n(F)c1=O. The zero-order chi connectivity index (χ0) is 9.42. The Bertz CT molecular complexity index is 570. The van der Waals surface area contributed by atoms with Crippen molar-refractivity contribution in [2.75, 3.05) is 0 Å². The zero-order valence-corrected chi connectivity index (χ0v) is 6.45. The predicted molar refractivity (Wildman–Crippen MR) is 45.3 cm³/mol. The van der Waals surface area contributed by atoms with Gasteiger partial charge in [0.15, 0.2) is 0 Å². The van der Waals surface area contributed by atoms with Crippen LogP contribution in [0, 0.1) is 0 Å². The summed E-state index contributed by atoms with van der Waals surface area (Å²) in [7, 11) is 0. The monoisotopic (exact) mass is 180 g/mol. The zero-order valence-electron chi connectivity index (χ0n) is 6.45. The fraction of sp³-hybridized carbons (Fsp3) is 0. The molecule has 0 unspecified atom stereocenters. The maximum atomic E-state index is 13.0. The van der Waals surface area contributed by atoms with E-state index in [1.165, 1.54) is 12.1 Å². The van der Waals surface area contributed by atoms with Crippen LogP contribution in [0.2, 0.25) is 0 Å². The van der Waals surface area contributed by atoms with E-state index in [0.717, 1.165) is 0 Å². The second-order valence-electron chi connectivity index (χ2n) is 2.56. The van der Waals surface area contributed by atoms with Crippen molar-refractivity contribution in [2.45, 2.75) is 0 Å². The number of fused-ring (bicyclic) bond motifs is 1. The van der Waals surface area contributed by atoms with Crippen molar-refractivity contribution >= 4 is 11.0 Å². The predicted octanol–water partition coefficient (Wildman–Crippen LogP) is 0.422. The molecule has 1 aromatic heterocycles. The van der Waals surface area contributed by atoms with Crippen molar-refractivity contribution < 1.29 is 4.48 Å². The fourth-order valence-corrected chi connectivity index (χ4v) is 1.12. The van der Waals surface area contributed by atoms with Crippen LogP contribution in [0.3, 0.4) is 0 Å². The summed E-state index contributed by atoms with van der Waals surface area (Å²) in [6.45, 7) is 0. The molecular formula is C8H5FN2O2. The minimum atomic E-state index is -1.20. The Morgan fingerprint density at radius 3 is 2.69 bits per heavy atom. The lowest BCUT2D eigenvalue weighted by Crippen LogP contribution is -2.33. The van der Waals surface area contributed by atoms with Crippen molar-refractivity contribution in [2.24, 2.45) is 0 Å². The van der Waals surface area contributed by atoms with Crippen LogP contribution in [0.1, 0.15) is 0 Å². The van der Waals surface area contributed by atoms with Crippen LogP contribution >= 0.6 is 0 Å². The molecule has 1 aromatic carbocycles. The van der Waals surface area contributed by atoms with E-state index in [1.54, 1.807) is 12.1 Å². The molecule has 0 atom stereocenters. The first kappa shape index (κ1) is 7.72. The molecule has 0 radical (unpaired) electrons. The first-order valence-corrected chi connectivity index (χ1v) is 3.60. The third-order valence-corrected chi connectivity index (χ3v) is 1.74. The largest absolute Gasteiger partial charge is 0.344 e. The van der Waals surface area contributed by atoms with Gasteiger partial charge < -0.3 is 4.98 Å². The molecule has 0 spiro atoms. The number of hydrogen-bond acceptors (Lipinski definition) is 2. The van der Waals surface area contributed by atoms with Gasteiger partial charge in [0.25, 0.3) is 0 Å². The smallest absolute Gasteiger partial charge is 0.316 e. The molecule has 0 aliphatic carbocycles. The highest BCUT2D eigenvalue weighted by Crippen LogP contribution is 2.05. The number of hydrogen-bond donors (Lipinski definition) is 1. The van der Waals surface area contributed by atoms with Crippen LogP contribution in [0.4, 0.5) is 4.48 Å². The average Bonchev–Trinajstić information content (AvgIpc) is 2.15. The first-order valence-electron chi connectivity index (χ1n) is 3.60. The van der Waals surface area contributed by atoms with E-state index < -0.39 is 11.1 Å². The van der Waals surface area contributed by atoms with E-state index in [2.05, 4.69) is 4.98 Å². The number of nitrogens with zero attached hydrogens (tertiary/aromatic N) is 1. The second kappa shape index (κ2) is 2.55. The molecule has 0 aliphatic heterocycles. The number of benzene rings is 1. The van der Waals surface area contributed by atoms with E-state index in [1.807, 2.05) is 0 Å². The minimum Gasteiger partial charge on any atom is -0.316 e. The van der Waals surface area contributed by atoms with Crippen molar-refractivity contribution in [1.29, 1.82) is 0 Å². The highest BCUT2D eigenvalue weighted by Gasteiger charge is 2.04. The van der Waals surface area contributed by atoms with Crippen LogP contribution in [0.5, 0.6) is 0 Å². The number of para-hydroxylation sites is 2. The normalized spacial score (nSPS) is 10.5. The van der Waals surface area contributed by atoms with E-state index in [-0.39, 0.29) is 10.3 Å². The number of halogens is 1. The van der Waals surface area contributed by atoms with Gasteiger partial charge in [-0.3, -0.25) is 9.59 Å². The average molecular weight is 180 g/mol. The molecule has 0 amide bonds. The number of nitrogens with one attached hydrogen (secondary N) is 1. The second-order valence-corrected chi connectivity index (χ2v) is 2.56. The van der Waals surface area contributed by atoms with Crippen molar-refractivity contribution in [3.05, 3.63) is 45.0 Å². The molecule has 0 saturated carbocycles. The van der Waals surface area contributed by atoms with Crippen LogP contribution < -0.4 is 11.1 Å². The summed E-state index contributed by atoms with van der Waals surface area (Å²) in [5.41, 5.74) is -1.79. The molecule has 1 N–H and O–H groups in total. The molecule has 1 heterocycles. The van der Waals surface area contributed by atoms with Crippen molar-refractivity contribution in [1.82, 2.24) is 9.77 Å². The molecule has 13 heavy (non-hydrogen) atoms. The Kier molecular flexibility index (Phi) is 1.51. The van der Waals surface area contributed by atoms with E-state index in [9.17, 15) is 14.1 Å². The van der Waals surface area contributed by atoms with Gasteiger partial charge in [-0.05, 0) is 12.1 Å². The maximum Gasteiger partial charge on any atom is 0.344 e. The Labute approximate surface area is 71.2 Å². The number of aromatic amines is 1.